The van der Waals surface area contributed by atoms with Gasteiger partial charge in [0.15, 0.2) is 0 Å². The largest absolute Gasteiger partial charge is 0.351 e. The molecule has 0 bridgehead atoms. The van der Waals surface area contributed by atoms with E-state index in [1.165, 1.54) is 0 Å². The van der Waals surface area contributed by atoms with E-state index in [-0.39, 0.29) is 18.0 Å². The highest BCUT2D eigenvalue weighted by atomic mass is 16.2. The first-order valence-corrected chi connectivity index (χ1v) is 5.24. The van der Waals surface area contributed by atoms with Gasteiger partial charge < -0.3 is 10.6 Å². The predicted molar refractivity (Wildman–Crippen MR) is 59.5 cm³/mol. The third kappa shape index (κ3) is 2.05. The van der Waals surface area contributed by atoms with Gasteiger partial charge in [-0.25, -0.2) is 0 Å². The number of benzene rings is 1. The summed E-state index contributed by atoms with van der Waals surface area (Å²) in [7, 11) is 0. The Labute approximate surface area is 94.3 Å². The second-order valence-electron chi connectivity index (χ2n) is 3.99. The number of amides is 1. The third-order valence-corrected chi connectivity index (χ3v) is 2.63. The first-order chi connectivity index (χ1) is 7.70. The summed E-state index contributed by atoms with van der Waals surface area (Å²) >= 11 is 0. The summed E-state index contributed by atoms with van der Waals surface area (Å²) < 4.78 is 0. The quantitative estimate of drug-likeness (QED) is 0.725. The van der Waals surface area contributed by atoms with E-state index in [1.54, 1.807) is 18.2 Å². The van der Waals surface area contributed by atoms with E-state index in [2.05, 4.69) is 16.7 Å². The second-order valence-corrected chi connectivity index (χ2v) is 3.99. The lowest BCUT2D eigenvalue weighted by Crippen LogP contribution is -2.52. The number of piperazine rings is 1. The molecule has 2 N–H and O–H groups in total. The molecule has 1 aliphatic rings. The minimum absolute atomic E-state index is 0.0335. The van der Waals surface area contributed by atoms with Crippen molar-refractivity contribution in [2.75, 3.05) is 6.54 Å². The molecule has 0 unspecified atom stereocenters. The number of carbonyl (C=O) groups is 1. The first-order valence-electron chi connectivity index (χ1n) is 5.24. The number of carbonyl (C=O) groups excluding carboxylic acids is 1. The van der Waals surface area contributed by atoms with E-state index in [4.69, 9.17) is 5.26 Å². The van der Waals surface area contributed by atoms with Crippen LogP contribution in [0.25, 0.3) is 0 Å². The van der Waals surface area contributed by atoms with Crippen LogP contribution in [0, 0.1) is 11.3 Å². The Morgan fingerprint density at radius 1 is 1.50 bits per heavy atom. The summed E-state index contributed by atoms with van der Waals surface area (Å²) in [6.45, 7) is 2.69. The lowest BCUT2D eigenvalue weighted by Gasteiger charge is -2.28. The second kappa shape index (κ2) is 4.33. The van der Waals surface area contributed by atoms with Crippen molar-refractivity contribution in [3.8, 4) is 6.07 Å². The van der Waals surface area contributed by atoms with Crippen molar-refractivity contribution in [3.63, 3.8) is 0 Å². The maximum atomic E-state index is 11.7. The summed E-state index contributed by atoms with van der Waals surface area (Å²) in [6, 6.07) is 9.00. The molecule has 1 aromatic rings. The van der Waals surface area contributed by atoms with Crippen LogP contribution in [0.1, 0.15) is 24.1 Å². The molecule has 2 rings (SSSR count). The maximum Gasteiger partial charge on any atom is 0.241 e. The monoisotopic (exact) mass is 215 g/mol. The van der Waals surface area contributed by atoms with E-state index >= 15 is 0 Å². The van der Waals surface area contributed by atoms with Gasteiger partial charge in [-0.15, -0.1) is 0 Å². The van der Waals surface area contributed by atoms with Crippen molar-refractivity contribution >= 4 is 5.91 Å². The zero-order valence-corrected chi connectivity index (χ0v) is 9.03. The molecular formula is C12H13N3O. The topological polar surface area (TPSA) is 64.9 Å². The zero-order valence-electron chi connectivity index (χ0n) is 9.03. The van der Waals surface area contributed by atoms with Crippen LogP contribution in [0.3, 0.4) is 0 Å². The van der Waals surface area contributed by atoms with Crippen LogP contribution < -0.4 is 10.6 Å². The van der Waals surface area contributed by atoms with Crippen LogP contribution in [-0.4, -0.2) is 18.5 Å². The van der Waals surface area contributed by atoms with E-state index in [0.29, 0.717) is 5.56 Å². The number of hydrogen-bond acceptors (Lipinski definition) is 3. The van der Waals surface area contributed by atoms with Crippen molar-refractivity contribution in [1.29, 1.82) is 5.26 Å². The number of nitriles is 1. The van der Waals surface area contributed by atoms with E-state index in [0.717, 1.165) is 12.1 Å². The van der Waals surface area contributed by atoms with Crippen LogP contribution in [0.15, 0.2) is 24.3 Å². The Balaban J connectivity index is 2.24. The molecule has 0 radical (unpaired) electrons. The Kier molecular flexibility index (Phi) is 2.88. The van der Waals surface area contributed by atoms with Crippen LogP contribution in [0.5, 0.6) is 0 Å². The maximum absolute atomic E-state index is 11.7. The van der Waals surface area contributed by atoms with Gasteiger partial charge in [0, 0.05) is 12.6 Å². The Bertz CT molecular complexity index is 450. The lowest BCUT2D eigenvalue weighted by atomic mass is 10.0. The van der Waals surface area contributed by atoms with Gasteiger partial charge in [0.1, 0.15) is 6.04 Å². The molecule has 1 aliphatic heterocycles. The molecule has 0 aromatic heterocycles. The average Bonchev–Trinajstić information content (AvgIpc) is 2.29. The summed E-state index contributed by atoms with van der Waals surface area (Å²) in [5.41, 5.74) is 1.41. The van der Waals surface area contributed by atoms with E-state index in [1.807, 2.05) is 13.0 Å². The Hall–Kier alpha value is -1.86. The Morgan fingerprint density at radius 3 is 3.00 bits per heavy atom. The SMILES string of the molecule is C[C@H]1CN[C@@H](c2cccc(C#N)c2)C(=O)N1. The minimum atomic E-state index is -0.343. The first kappa shape index (κ1) is 10.7. The highest BCUT2D eigenvalue weighted by molar-refractivity contribution is 5.84. The van der Waals surface area contributed by atoms with Gasteiger partial charge in [-0.3, -0.25) is 4.79 Å². The predicted octanol–water partition coefficient (Wildman–Crippen LogP) is 0.707. The number of nitrogens with zero attached hydrogens (tertiary/aromatic N) is 1. The van der Waals surface area contributed by atoms with Crippen LogP contribution in [0.2, 0.25) is 0 Å². The fourth-order valence-electron chi connectivity index (χ4n) is 1.82. The number of rotatable bonds is 1. The molecule has 0 aliphatic carbocycles. The van der Waals surface area contributed by atoms with Gasteiger partial charge >= 0.3 is 0 Å². The molecule has 4 nitrogen and oxygen atoms in total. The third-order valence-electron chi connectivity index (χ3n) is 2.63. The van der Waals surface area contributed by atoms with Crippen molar-refractivity contribution in [3.05, 3.63) is 35.4 Å². The van der Waals surface area contributed by atoms with Gasteiger partial charge in [0.25, 0.3) is 0 Å². The normalized spacial score (nSPS) is 24.6. The molecule has 82 valence electrons. The van der Waals surface area contributed by atoms with E-state index in [9.17, 15) is 4.79 Å². The summed E-state index contributed by atoms with van der Waals surface area (Å²) in [6.07, 6.45) is 0. The van der Waals surface area contributed by atoms with Crippen LogP contribution in [0.4, 0.5) is 0 Å². The molecule has 0 spiro atoms. The van der Waals surface area contributed by atoms with Crippen molar-refractivity contribution in [2.45, 2.75) is 19.0 Å². The number of nitrogens with one attached hydrogen (secondary N) is 2. The molecule has 16 heavy (non-hydrogen) atoms. The van der Waals surface area contributed by atoms with E-state index < -0.39 is 0 Å². The average molecular weight is 215 g/mol. The molecule has 1 heterocycles. The molecule has 0 saturated carbocycles. The standard InChI is InChI=1S/C12H13N3O/c1-8-7-14-11(12(16)15-8)10-4-2-3-9(5-10)6-13/h2-5,8,11,14H,7H2,1H3,(H,15,16)/t8-,11-/m0/s1. The molecular weight excluding hydrogens is 202 g/mol. The smallest absolute Gasteiger partial charge is 0.241 e. The lowest BCUT2D eigenvalue weighted by molar-refractivity contribution is -0.125. The highest BCUT2D eigenvalue weighted by Gasteiger charge is 2.26. The minimum Gasteiger partial charge on any atom is -0.351 e. The van der Waals surface area contributed by atoms with Gasteiger partial charge in [0.2, 0.25) is 5.91 Å². The van der Waals surface area contributed by atoms with Crippen molar-refractivity contribution < 1.29 is 4.79 Å². The van der Waals surface area contributed by atoms with Gasteiger partial charge in [-0.2, -0.15) is 5.26 Å². The fourth-order valence-corrected chi connectivity index (χ4v) is 1.82. The van der Waals surface area contributed by atoms with Crippen molar-refractivity contribution in [2.24, 2.45) is 0 Å². The summed E-state index contributed by atoms with van der Waals surface area (Å²) in [5.74, 6) is -0.0335. The van der Waals surface area contributed by atoms with Crippen LogP contribution in [-0.2, 0) is 4.79 Å². The summed E-state index contributed by atoms with van der Waals surface area (Å²) in [4.78, 5) is 11.7. The molecule has 1 saturated heterocycles. The summed E-state index contributed by atoms with van der Waals surface area (Å²) in [5, 5.41) is 14.8. The van der Waals surface area contributed by atoms with Crippen molar-refractivity contribution in [1.82, 2.24) is 10.6 Å². The molecule has 1 amide bonds. The van der Waals surface area contributed by atoms with Gasteiger partial charge in [-0.1, -0.05) is 12.1 Å². The molecule has 1 fully saturated rings. The van der Waals surface area contributed by atoms with Crippen LogP contribution >= 0.6 is 0 Å². The molecule has 1 aromatic carbocycles. The van der Waals surface area contributed by atoms with Gasteiger partial charge in [-0.05, 0) is 24.6 Å². The molecule has 2 atom stereocenters. The zero-order chi connectivity index (χ0) is 11.5. The Morgan fingerprint density at radius 2 is 2.31 bits per heavy atom. The van der Waals surface area contributed by atoms with Gasteiger partial charge in [0.05, 0.1) is 11.6 Å². The highest BCUT2D eigenvalue weighted by Crippen LogP contribution is 2.17. The fraction of sp³-hybridized carbons (Fsp3) is 0.333. The molecule has 4 heteroatoms. The number of hydrogen-bond donors (Lipinski definition) is 2.